The topological polar surface area (TPSA) is 132 Å². The number of anilines is 1. The van der Waals surface area contributed by atoms with Crippen LogP contribution in [0.25, 0.3) is 0 Å². The zero-order chi connectivity index (χ0) is 12.8. The third kappa shape index (κ3) is 3.37. The predicted molar refractivity (Wildman–Crippen MR) is 57.2 cm³/mol. The van der Waals surface area contributed by atoms with E-state index in [0.717, 1.165) is 6.07 Å². The van der Waals surface area contributed by atoms with Crippen molar-refractivity contribution in [3.63, 3.8) is 0 Å². The Morgan fingerprint density at radius 2 is 2.35 bits per heavy atom. The molecule has 0 aromatic carbocycles. The molecule has 0 spiro atoms. The van der Waals surface area contributed by atoms with Crippen LogP contribution in [0.5, 0.6) is 0 Å². The van der Waals surface area contributed by atoms with Crippen molar-refractivity contribution in [1.29, 1.82) is 5.26 Å². The molecule has 0 aliphatic carbocycles. The number of hydrogen-bond donors (Lipinski definition) is 3. The Hall–Kier alpha value is -2.24. The van der Waals surface area contributed by atoms with E-state index in [4.69, 9.17) is 15.5 Å². The standard InChI is InChI=1S/C9H10N4O4/c10-3-7-8(13(16)17)1-2-9(12-7)11-4-6(15)5-14/h1-2,6,14-15H,4-5H2,(H,11,12). The van der Waals surface area contributed by atoms with Gasteiger partial charge in [0.05, 0.1) is 17.6 Å². The predicted octanol–water partition coefficient (Wildman–Crippen LogP) is -0.373. The summed E-state index contributed by atoms with van der Waals surface area (Å²) in [6.45, 7) is -0.378. The second-order valence-electron chi connectivity index (χ2n) is 3.15. The summed E-state index contributed by atoms with van der Waals surface area (Å²) in [6.07, 6.45) is -0.961. The van der Waals surface area contributed by atoms with Crippen molar-refractivity contribution in [2.75, 3.05) is 18.5 Å². The molecule has 1 aromatic heterocycles. The number of aliphatic hydroxyl groups is 2. The number of aliphatic hydroxyl groups excluding tert-OH is 2. The molecule has 3 N–H and O–H groups in total. The summed E-state index contributed by atoms with van der Waals surface area (Å²) in [5, 5.41) is 39.5. The van der Waals surface area contributed by atoms with Gasteiger partial charge in [-0.3, -0.25) is 10.1 Å². The van der Waals surface area contributed by atoms with E-state index in [1.807, 2.05) is 0 Å². The Labute approximate surface area is 96.3 Å². The molecule has 0 radical (unpaired) electrons. The molecule has 1 unspecified atom stereocenters. The molecular formula is C9H10N4O4. The van der Waals surface area contributed by atoms with Crippen molar-refractivity contribution in [3.05, 3.63) is 27.9 Å². The first-order chi connectivity index (χ1) is 8.08. The lowest BCUT2D eigenvalue weighted by molar-refractivity contribution is -0.385. The zero-order valence-electron chi connectivity index (χ0n) is 8.70. The molecule has 0 amide bonds. The Balaban J connectivity index is 2.84. The van der Waals surface area contributed by atoms with Crippen LogP contribution in [-0.2, 0) is 0 Å². The Morgan fingerprint density at radius 3 is 2.88 bits per heavy atom. The van der Waals surface area contributed by atoms with Crippen LogP contribution >= 0.6 is 0 Å². The monoisotopic (exact) mass is 238 g/mol. The molecule has 1 heterocycles. The molecule has 1 atom stereocenters. The zero-order valence-corrected chi connectivity index (χ0v) is 8.70. The maximum absolute atomic E-state index is 10.5. The van der Waals surface area contributed by atoms with Gasteiger partial charge >= 0.3 is 5.69 Å². The molecular weight excluding hydrogens is 228 g/mol. The molecule has 17 heavy (non-hydrogen) atoms. The van der Waals surface area contributed by atoms with Gasteiger partial charge in [0, 0.05) is 12.6 Å². The van der Waals surface area contributed by atoms with Crippen molar-refractivity contribution in [3.8, 4) is 6.07 Å². The highest BCUT2D eigenvalue weighted by atomic mass is 16.6. The maximum Gasteiger partial charge on any atom is 0.305 e. The lowest BCUT2D eigenvalue weighted by atomic mass is 10.3. The van der Waals surface area contributed by atoms with E-state index in [-0.39, 0.29) is 23.7 Å². The summed E-state index contributed by atoms with van der Waals surface area (Å²) < 4.78 is 0. The molecule has 8 heteroatoms. The van der Waals surface area contributed by atoms with E-state index in [2.05, 4.69) is 10.3 Å². The van der Waals surface area contributed by atoms with Crippen molar-refractivity contribution >= 4 is 11.5 Å². The number of nitrogens with zero attached hydrogens (tertiary/aromatic N) is 3. The van der Waals surface area contributed by atoms with Crippen LogP contribution in [0.3, 0.4) is 0 Å². The highest BCUT2D eigenvalue weighted by molar-refractivity contribution is 5.50. The first-order valence-electron chi connectivity index (χ1n) is 4.66. The second-order valence-corrected chi connectivity index (χ2v) is 3.15. The molecule has 0 saturated carbocycles. The number of hydrogen-bond acceptors (Lipinski definition) is 7. The average Bonchev–Trinajstić information content (AvgIpc) is 2.35. The minimum atomic E-state index is -0.961. The Kier molecular flexibility index (Phi) is 4.33. The third-order valence-corrected chi connectivity index (χ3v) is 1.91. The molecule has 1 rings (SSSR count). The summed E-state index contributed by atoms with van der Waals surface area (Å²) in [7, 11) is 0. The quantitative estimate of drug-likeness (QED) is 0.470. The Morgan fingerprint density at radius 1 is 1.65 bits per heavy atom. The van der Waals surface area contributed by atoms with Gasteiger partial charge in [-0.05, 0) is 6.07 Å². The number of pyridine rings is 1. The van der Waals surface area contributed by atoms with Crippen molar-refractivity contribution < 1.29 is 15.1 Å². The fourth-order valence-corrected chi connectivity index (χ4v) is 1.07. The van der Waals surface area contributed by atoms with Gasteiger partial charge in [-0.2, -0.15) is 5.26 Å². The molecule has 0 aliphatic rings. The largest absolute Gasteiger partial charge is 0.394 e. The lowest BCUT2D eigenvalue weighted by Gasteiger charge is -2.09. The van der Waals surface area contributed by atoms with Crippen molar-refractivity contribution in [2.45, 2.75) is 6.10 Å². The molecule has 8 nitrogen and oxygen atoms in total. The molecule has 0 aliphatic heterocycles. The Bertz CT molecular complexity index is 457. The third-order valence-electron chi connectivity index (χ3n) is 1.91. The molecule has 0 saturated heterocycles. The highest BCUT2D eigenvalue weighted by Crippen LogP contribution is 2.17. The summed E-state index contributed by atoms with van der Waals surface area (Å²) in [5.74, 6) is 0.222. The highest BCUT2D eigenvalue weighted by Gasteiger charge is 2.15. The van der Waals surface area contributed by atoms with Gasteiger partial charge in [-0.1, -0.05) is 0 Å². The summed E-state index contributed by atoms with van der Waals surface area (Å²) >= 11 is 0. The SMILES string of the molecule is N#Cc1nc(NCC(O)CO)ccc1[N+](=O)[O-]. The van der Waals surface area contributed by atoms with Gasteiger partial charge in [-0.25, -0.2) is 4.98 Å². The number of nitro groups is 1. The maximum atomic E-state index is 10.5. The summed E-state index contributed by atoms with van der Waals surface area (Å²) in [4.78, 5) is 13.5. The van der Waals surface area contributed by atoms with Gasteiger partial charge in [0.15, 0.2) is 0 Å². The fraction of sp³-hybridized carbons (Fsp3) is 0.333. The van der Waals surface area contributed by atoms with Crippen LogP contribution < -0.4 is 5.32 Å². The van der Waals surface area contributed by atoms with E-state index >= 15 is 0 Å². The normalized spacial score (nSPS) is 11.6. The van der Waals surface area contributed by atoms with Gasteiger partial charge in [0.2, 0.25) is 5.69 Å². The molecule has 0 fully saturated rings. The summed E-state index contributed by atoms with van der Waals surface area (Å²) in [6, 6.07) is 4.09. The molecule has 0 bridgehead atoms. The summed E-state index contributed by atoms with van der Waals surface area (Å²) in [5.41, 5.74) is -0.681. The molecule has 90 valence electrons. The van der Waals surface area contributed by atoms with E-state index in [9.17, 15) is 10.1 Å². The first kappa shape index (κ1) is 12.8. The van der Waals surface area contributed by atoms with Crippen LogP contribution in [0.1, 0.15) is 5.69 Å². The van der Waals surface area contributed by atoms with E-state index in [1.165, 1.54) is 6.07 Å². The van der Waals surface area contributed by atoms with Crippen LogP contribution in [-0.4, -0.2) is 39.4 Å². The van der Waals surface area contributed by atoms with Gasteiger partial charge in [0.25, 0.3) is 0 Å². The van der Waals surface area contributed by atoms with Crippen molar-refractivity contribution in [1.82, 2.24) is 4.98 Å². The van der Waals surface area contributed by atoms with Gasteiger partial charge in [0.1, 0.15) is 11.9 Å². The van der Waals surface area contributed by atoms with Crippen LogP contribution in [0.4, 0.5) is 11.5 Å². The van der Waals surface area contributed by atoms with Gasteiger partial charge in [-0.15, -0.1) is 0 Å². The van der Waals surface area contributed by atoms with E-state index in [0.29, 0.717) is 0 Å². The number of nitriles is 1. The minimum absolute atomic E-state index is 0.0339. The van der Waals surface area contributed by atoms with Crippen LogP contribution in [0.15, 0.2) is 12.1 Å². The van der Waals surface area contributed by atoms with Crippen LogP contribution in [0, 0.1) is 21.4 Å². The molecule has 1 aromatic rings. The smallest absolute Gasteiger partial charge is 0.305 e. The average molecular weight is 238 g/mol. The number of rotatable bonds is 5. The number of nitrogens with one attached hydrogen (secondary N) is 1. The van der Waals surface area contributed by atoms with E-state index in [1.54, 1.807) is 6.07 Å². The fourth-order valence-electron chi connectivity index (χ4n) is 1.07. The van der Waals surface area contributed by atoms with Crippen LogP contribution in [0.2, 0.25) is 0 Å². The second kappa shape index (κ2) is 5.74. The van der Waals surface area contributed by atoms with E-state index < -0.39 is 17.6 Å². The first-order valence-corrected chi connectivity index (χ1v) is 4.66. The van der Waals surface area contributed by atoms with Gasteiger partial charge < -0.3 is 15.5 Å². The number of aromatic nitrogens is 1. The minimum Gasteiger partial charge on any atom is -0.394 e. The van der Waals surface area contributed by atoms with Crippen molar-refractivity contribution in [2.24, 2.45) is 0 Å². The lowest BCUT2D eigenvalue weighted by Crippen LogP contribution is -2.23.